The summed E-state index contributed by atoms with van der Waals surface area (Å²) in [6.07, 6.45) is 1.53. The predicted octanol–water partition coefficient (Wildman–Crippen LogP) is 0.719. The highest BCUT2D eigenvalue weighted by Gasteiger charge is 2.11. The van der Waals surface area contributed by atoms with Gasteiger partial charge in [-0.3, -0.25) is 9.78 Å². The normalized spacial score (nSPS) is 11.5. The first kappa shape index (κ1) is 13.1. The van der Waals surface area contributed by atoms with Crippen LogP contribution in [0.25, 0.3) is 0 Å². The molecule has 7 nitrogen and oxygen atoms in total. The van der Waals surface area contributed by atoms with E-state index in [1.54, 1.807) is 19.1 Å². The van der Waals surface area contributed by atoms with Crippen LogP contribution in [0.1, 0.15) is 11.4 Å². The first-order valence-corrected chi connectivity index (χ1v) is 6.10. The third-order valence-electron chi connectivity index (χ3n) is 2.18. The van der Waals surface area contributed by atoms with Gasteiger partial charge in [-0.1, -0.05) is 5.16 Å². The maximum Gasteiger partial charge on any atom is 0.251 e. The van der Waals surface area contributed by atoms with Gasteiger partial charge in [0.05, 0.1) is 0 Å². The fourth-order valence-electron chi connectivity index (χ4n) is 1.42. The quantitative estimate of drug-likeness (QED) is 0.250. The number of nitrogens with two attached hydrogens (primary N) is 1. The summed E-state index contributed by atoms with van der Waals surface area (Å²) in [5.74, 6) is -0.0990. The Morgan fingerprint density at radius 2 is 2.37 bits per heavy atom. The number of amidine groups is 1. The van der Waals surface area contributed by atoms with Crippen LogP contribution in [0.5, 0.6) is 0 Å². The largest absolute Gasteiger partial charge is 0.409 e. The predicted molar refractivity (Wildman–Crippen MR) is 70.5 cm³/mol. The lowest BCUT2D eigenvalue weighted by Gasteiger charge is -2.06. The van der Waals surface area contributed by atoms with Crippen molar-refractivity contribution in [1.82, 2.24) is 15.0 Å². The fourth-order valence-corrected chi connectivity index (χ4v) is 2.37. The van der Waals surface area contributed by atoms with Gasteiger partial charge < -0.3 is 15.9 Å². The Balaban J connectivity index is 2.41. The molecule has 0 aliphatic heterocycles. The monoisotopic (exact) mass is 277 g/mol. The molecule has 0 fully saturated rings. The van der Waals surface area contributed by atoms with E-state index in [2.05, 4.69) is 20.1 Å². The van der Waals surface area contributed by atoms with E-state index in [0.29, 0.717) is 21.4 Å². The highest BCUT2D eigenvalue weighted by molar-refractivity contribution is 7.99. The third-order valence-corrected chi connectivity index (χ3v) is 3.11. The van der Waals surface area contributed by atoms with Gasteiger partial charge in [0.25, 0.3) is 5.56 Å². The van der Waals surface area contributed by atoms with E-state index < -0.39 is 0 Å². The second-order valence-corrected chi connectivity index (χ2v) is 4.66. The second-order valence-electron chi connectivity index (χ2n) is 3.63. The minimum atomic E-state index is -0.232. The Morgan fingerprint density at radius 3 is 3.05 bits per heavy atom. The molecular formula is C11H11N5O2S. The summed E-state index contributed by atoms with van der Waals surface area (Å²) >= 11 is 1.19. The number of hydrogen-bond acceptors (Lipinski definition) is 6. The van der Waals surface area contributed by atoms with Crippen LogP contribution in [0.15, 0.2) is 44.4 Å². The zero-order valence-electron chi connectivity index (χ0n) is 9.99. The fraction of sp³-hybridized carbons (Fsp3) is 0.0909. The Kier molecular flexibility index (Phi) is 3.81. The molecule has 0 saturated carbocycles. The molecule has 0 spiro atoms. The number of H-pyrrole nitrogens is 1. The number of nitrogens with one attached hydrogen (secondary N) is 1. The van der Waals surface area contributed by atoms with E-state index in [-0.39, 0.29) is 11.4 Å². The number of aromatic nitrogens is 3. The van der Waals surface area contributed by atoms with Crippen LogP contribution < -0.4 is 11.3 Å². The summed E-state index contributed by atoms with van der Waals surface area (Å²) in [7, 11) is 0. The Morgan fingerprint density at radius 1 is 1.58 bits per heavy atom. The van der Waals surface area contributed by atoms with Crippen LogP contribution in [0.3, 0.4) is 0 Å². The van der Waals surface area contributed by atoms with Crippen LogP contribution in [-0.2, 0) is 0 Å². The van der Waals surface area contributed by atoms with Crippen molar-refractivity contribution < 1.29 is 5.21 Å². The van der Waals surface area contributed by atoms with E-state index in [1.807, 2.05) is 0 Å². The molecule has 0 saturated heterocycles. The summed E-state index contributed by atoms with van der Waals surface area (Å²) in [4.78, 5) is 22.8. The first-order valence-electron chi connectivity index (χ1n) is 5.29. The Hall–Kier alpha value is -2.35. The molecule has 98 valence electrons. The molecule has 0 aliphatic rings. The van der Waals surface area contributed by atoms with Crippen molar-refractivity contribution in [3.05, 3.63) is 46.1 Å². The van der Waals surface area contributed by atoms with Crippen molar-refractivity contribution in [3.8, 4) is 0 Å². The van der Waals surface area contributed by atoms with E-state index >= 15 is 0 Å². The molecule has 2 rings (SSSR count). The minimum absolute atomic E-state index is 0.0990. The van der Waals surface area contributed by atoms with Crippen LogP contribution in [0.2, 0.25) is 0 Å². The van der Waals surface area contributed by atoms with Gasteiger partial charge in [0.15, 0.2) is 11.0 Å². The van der Waals surface area contributed by atoms with Gasteiger partial charge >= 0.3 is 0 Å². The molecule has 4 N–H and O–H groups in total. The molecule has 0 atom stereocenters. The molecule has 2 aromatic heterocycles. The van der Waals surface area contributed by atoms with Gasteiger partial charge in [-0.25, -0.2) is 4.98 Å². The SMILES string of the molecule is Cc1cc(=O)[nH]c(Sc2cccnc2/C(N)=N/O)n1. The van der Waals surface area contributed by atoms with Crippen LogP contribution in [0, 0.1) is 6.92 Å². The van der Waals surface area contributed by atoms with Crippen molar-refractivity contribution in [3.63, 3.8) is 0 Å². The molecule has 0 unspecified atom stereocenters. The smallest absolute Gasteiger partial charge is 0.251 e. The molecular weight excluding hydrogens is 266 g/mol. The zero-order valence-corrected chi connectivity index (χ0v) is 10.8. The van der Waals surface area contributed by atoms with E-state index in [4.69, 9.17) is 10.9 Å². The lowest BCUT2D eigenvalue weighted by atomic mass is 10.3. The van der Waals surface area contributed by atoms with Gasteiger partial charge in [0.2, 0.25) is 0 Å². The second kappa shape index (κ2) is 5.53. The molecule has 0 amide bonds. The summed E-state index contributed by atoms with van der Waals surface area (Å²) < 4.78 is 0. The first-order chi connectivity index (χ1) is 9.10. The average Bonchev–Trinajstić information content (AvgIpc) is 2.37. The van der Waals surface area contributed by atoms with Gasteiger partial charge in [-0.15, -0.1) is 0 Å². The minimum Gasteiger partial charge on any atom is -0.409 e. The third kappa shape index (κ3) is 3.10. The van der Waals surface area contributed by atoms with E-state index in [9.17, 15) is 4.79 Å². The molecule has 0 aromatic carbocycles. The number of oxime groups is 1. The number of pyridine rings is 1. The van der Waals surface area contributed by atoms with Crippen molar-refractivity contribution >= 4 is 17.6 Å². The number of rotatable bonds is 3. The highest BCUT2D eigenvalue weighted by Crippen LogP contribution is 2.26. The lowest BCUT2D eigenvalue weighted by molar-refractivity contribution is 0.318. The van der Waals surface area contributed by atoms with Crippen molar-refractivity contribution in [2.24, 2.45) is 10.9 Å². The average molecular weight is 277 g/mol. The van der Waals surface area contributed by atoms with Gasteiger partial charge in [0.1, 0.15) is 5.69 Å². The standard InChI is InChI=1S/C11H11N5O2S/c1-6-5-8(17)15-11(14-6)19-7-3-2-4-13-9(7)10(12)16-18/h2-5,18H,1H3,(H2,12,16)(H,14,15,17). The maximum atomic E-state index is 11.4. The Bertz CT molecular complexity index is 683. The number of nitrogens with zero attached hydrogens (tertiary/aromatic N) is 3. The van der Waals surface area contributed by atoms with Crippen molar-refractivity contribution in [2.75, 3.05) is 0 Å². The molecule has 0 aliphatic carbocycles. The molecule has 2 aromatic rings. The van der Waals surface area contributed by atoms with Gasteiger partial charge in [-0.05, 0) is 30.8 Å². The molecule has 19 heavy (non-hydrogen) atoms. The van der Waals surface area contributed by atoms with Gasteiger partial charge in [0, 0.05) is 22.9 Å². The van der Waals surface area contributed by atoms with Crippen molar-refractivity contribution in [1.29, 1.82) is 0 Å². The molecule has 0 bridgehead atoms. The molecule has 2 heterocycles. The summed E-state index contributed by atoms with van der Waals surface area (Å²) in [6.45, 7) is 1.73. The Labute approximate surface area is 112 Å². The zero-order chi connectivity index (χ0) is 13.8. The maximum absolute atomic E-state index is 11.4. The number of hydrogen-bond donors (Lipinski definition) is 3. The summed E-state index contributed by atoms with van der Waals surface area (Å²) in [5, 5.41) is 12.1. The number of aryl methyl sites for hydroxylation is 1. The highest BCUT2D eigenvalue weighted by atomic mass is 32.2. The molecule has 8 heteroatoms. The number of aromatic amines is 1. The van der Waals surface area contributed by atoms with Crippen LogP contribution in [-0.4, -0.2) is 26.0 Å². The van der Waals surface area contributed by atoms with Crippen LogP contribution in [0.4, 0.5) is 0 Å². The topological polar surface area (TPSA) is 117 Å². The summed E-state index contributed by atoms with van der Waals surface area (Å²) in [5.41, 5.74) is 6.25. The summed E-state index contributed by atoms with van der Waals surface area (Å²) in [6, 6.07) is 4.86. The van der Waals surface area contributed by atoms with Crippen molar-refractivity contribution in [2.45, 2.75) is 17.0 Å². The lowest BCUT2D eigenvalue weighted by Crippen LogP contribution is -2.16. The molecule has 0 radical (unpaired) electrons. The van der Waals surface area contributed by atoms with Crippen LogP contribution >= 0.6 is 11.8 Å². The van der Waals surface area contributed by atoms with E-state index in [0.717, 1.165) is 0 Å². The van der Waals surface area contributed by atoms with Gasteiger partial charge in [-0.2, -0.15) is 0 Å². The van der Waals surface area contributed by atoms with E-state index in [1.165, 1.54) is 24.0 Å².